The summed E-state index contributed by atoms with van der Waals surface area (Å²) in [6.45, 7) is 5.92. The molecule has 20 heavy (non-hydrogen) atoms. The third-order valence-corrected chi connectivity index (χ3v) is 2.78. The van der Waals surface area contributed by atoms with E-state index in [4.69, 9.17) is 0 Å². The Balaban J connectivity index is 1.97. The van der Waals surface area contributed by atoms with Crippen LogP contribution in [0.15, 0.2) is 24.4 Å². The summed E-state index contributed by atoms with van der Waals surface area (Å²) in [6, 6.07) is 3.39. The topological polar surface area (TPSA) is 42.7 Å². The molecule has 0 aliphatic heterocycles. The zero-order valence-corrected chi connectivity index (χ0v) is 11.6. The number of nitrogens with one attached hydrogen (secondary N) is 1. The fraction of sp³-hybridized carbons (Fsp3) is 0.429. The Morgan fingerprint density at radius 2 is 2.10 bits per heavy atom. The van der Waals surface area contributed by atoms with Crippen molar-refractivity contribution in [1.82, 2.24) is 20.3 Å². The highest BCUT2D eigenvalue weighted by atomic mass is 19.1. The van der Waals surface area contributed by atoms with Gasteiger partial charge < -0.3 is 5.32 Å². The van der Waals surface area contributed by atoms with Crippen LogP contribution in [-0.4, -0.2) is 21.5 Å². The van der Waals surface area contributed by atoms with Gasteiger partial charge in [-0.05, 0) is 30.7 Å². The molecule has 0 unspecified atom stereocenters. The molecule has 0 bridgehead atoms. The van der Waals surface area contributed by atoms with Crippen molar-refractivity contribution in [1.29, 1.82) is 0 Å². The quantitative estimate of drug-likeness (QED) is 0.883. The number of hydrogen-bond acceptors (Lipinski definition) is 3. The van der Waals surface area contributed by atoms with Crippen LogP contribution in [0.3, 0.4) is 0 Å². The minimum atomic E-state index is -0.458. The van der Waals surface area contributed by atoms with Crippen LogP contribution in [0.2, 0.25) is 0 Å². The van der Waals surface area contributed by atoms with Crippen LogP contribution >= 0.6 is 0 Å². The van der Waals surface area contributed by atoms with Crippen LogP contribution in [0.1, 0.15) is 25.1 Å². The fourth-order valence-corrected chi connectivity index (χ4v) is 1.82. The predicted octanol–water partition coefficient (Wildman–Crippen LogP) is 2.35. The molecule has 0 saturated carbocycles. The zero-order valence-electron chi connectivity index (χ0n) is 11.6. The first-order valence-electron chi connectivity index (χ1n) is 6.58. The molecule has 2 rings (SSSR count). The number of nitrogens with zero attached hydrogens (tertiary/aromatic N) is 3. The largest absolute Gasteiger partial charge is 0.311 e. The summed E-state index contributed by atoms with van der Waals surface area (Å²) in [7, 11) is 0. The molecule has 0 amide bonds. The van der Waals surface area contributed by atoms with E-state index in [1.807, 2.05) is 0 Å². The molecule has 108 valence electrons. The third kappa shape index (κ3) is 4.09. The van der Waals surface area contributed by atoms with E-state index in [1.54, 1.807) is 6.20 Å². The SMILES string of the molecule is CC(C)CNCc1cn(Cc2cc(F)ccc2F)nn1. The van der Waals surface area contributed by atoms with E-state index in [0.717, 1.165) is 24.4 Å². The van der Waals surface area contributed by atoms with Crippen molar-refractivity contribution in [3.8, 4) is 0 Å². The average Bonchev–Trinajstić information content (AvgIpc) is 2.81. The van der Waals surface area contributed by atoms with E-state index in [9.17, 15) is 8.78 Å². The fourth-order valence-electron chi connectivity index (χ4n) is 1.82. The highest BCUT2D eigenvalue weighted by Crippen LogP contribution is 2.11. The van der Waals surface area contributed by atoms with Gasteiger partial charge in [-0.3, -0.25) is 0 Å². The Morgan fingerprint density at radius 1 is 1.30 bits per heavy atom. The standard InChI is InChI=1S/C14H18F2N4/c1-10(2)6-17-7-13-9-20(19-18-13)8-11-5-12(15)3-4-14(11)16/h3-5,9-10,17H,6-8H2,1-2H3. The summed E-state index contributed by atoms with van der Waals surface area (Å²) < 4.78 is 28.1. The molecule has 1 N–H and O–H groups in total. The van der Waals surface area contributed by atoms with E-state index in [0.29, 0.717) is 12.5 Å². The smallest absolute Gasteiger partial charge is 0.128 e. The van der Waals surface area contributed by atoms with Crippen molar-refractivity contribution in [3.05, 3.63) is 47.3 Å². The summed E-state index contributed by atoms with van der Waals surface area (Å²) >= 11 is 0. The Morgan fingerprint density at radius 3 is 2.85 bits per heavy atom. The molecule has 0 spiro atoms. The molecule has 2 aromatic rings. The number of hydrogen-bond donors (Lipinski definition) is 1. The maximum absolute atomic E-state index is 13.5. The van der Waals surface area contributed by atoms with Gasteiger partial charge in [0.1, 0.15) is 11.6 Å². The van der Waals surface area contributed by atoms with Crippen molar-refractivity contribution < 1.29 is 8.78 Å². The Kier molecular flexibility index (Phi) is 4.79. The van der Waals surface area contributed by atoms with Crippen LogP contribution in [0, 0.1) is 17.6 Å². The van der Waals surface area contributed by atoms with Gasteiger partial charge in [0.25, 0.3) is 0 Å². The van der Waals surface area contributed by atoms with Gasteiger partial charge in [0, 0.05) is 12.1 Å². The Bertz CT molecular complexity index is 566. The number of rotatable bonds is 6. The monoisotopic (exact) mass is 280 g/mol. The highest BCUT2D eigenvalue weighted by molar-refractivity contribution is 5.18. The van der Waals surface area contributed by atoms with Crippen molar-refractivity contribution in [2.45, 2.75) is 26.9 Å². The first-order valence-corrected chi connectivity index (χ1v) is 6.58. The molecular weight excluding hydrogens is 262 g/mol. The summed E-state index contributed by atoms with van der Waals surface area (Å²) in [5.41, 5.74) is 1.04. The predicted molar refractivity (Wildman–Crippen MR) is 72.0 cm³/mol. The molecule has 0 atom stereocenters. The molecule has 4 nitrogen and oxygen atoms in total. The molecule has 6 heteroatoms. The van der Waals surface area contributed by atoms with Gasteiger partial charge in [-0.25, -0.2) is 13.5 Å². The van der Waals surface area contributed by atoms with Crippen LogP contribution in [0.5, 0.6) is 0 Å². The van der Waals surface area contributed by atoms with Crippen LogP contribution < -0.4 is 5.32 Å². The number of halogens is 2. The first-order chi connectivity index (χ1) is 9.54. The van der Waals surface area contributed by atoms with Gasteiger partial charge in [-0.2, -0.15) is 0 Å². The Hall–Kier alpha value is -1.82. The number of aromatic nitrogens is 3. The summed E-state index contributed by atoms with van der Waals surface area (Å²) in [6.07, 6.45) is 1.73. The van der Waals surface area contributed by atoms with E-state index >= 15 is 0 Å². The lowest BCUT2D eigenvalue weighted by molar-refractivity contribution is 0.547. The number of benzene rings is 1. The lowest BCUT2D eigenvalue weighted by Gasteiger charge is -2.04. The van der Waals surface area contributed by atoms with Gasteiger partial charge in [-0.15, -0.1) is 5.10 Å². The van der Waals surface area contributed by atoms with Crippen molar-refractivity contribution in [2.24, 2.45) is 5.92 Å². The van der Waals surface area contributed by atoms with Gasteiger partial charge in [-0.1, -0.05) is 19.1 Å². The summed E-state index contributed by atoms with van der Waals surface area (Å²) in [4.78, 5) is 0. The molecule has 0 aliphatic carbocycles. The second-order valence-corrected chi connectivity index (χ2v) is 5.17. The first kappa shape index (κ1) is 14.6. The second-order valence-electron chi connectivity index (χ2n) is 5.17. The average molecular weight is 280 g/mol. The maximum Gasteiger partial charge on any atom is 0.128 e. The molecular formula is C14H18F2N4. The van der Waals surface area contributed by atoms with E-state index < -0.39 is 11.6 Å². The molecule has 0 aliphatic rings. The van der Waals surface area contributed by atoms with Crippen molar-refractivity contribution >= 4 is 0 Å². The lowest BCUT2D eigenvalue weighted by Crippen LogP contribution is -2.19. The second kappa shape index (κ2) is 6.56. The van der Waals surface area contributed by atoms with Gasteiger partial charge in [0.15, 0.2) is 0 Å². The molecule has 1 aromatic carbocycles. The molecule has 0 fully saturated rings. The highest BCUT2D eigenvalue weighted by Gasteiger charge is 2.07. The van der Waals surface area contributed by atoms with Gasteiger partial charge in [0.05, 0.1) is 18.4 Å². The molecule has 0 saturated heterocycles. The Labute approximate surface area is 116 Å². The maximum atomic E-state index is 13.5. The zero-order chi connectivity index (χ0) is 14.5. The third-order valence-electron chi connectivity index (χ3n) is 2.78. The van der Waals surface area contributed by atoms with Crippen LogP contribution in [0.4, 0.5) is 8.78 Å². The minimum Gasteiger partial charge on any atom is -0.311 e. The summed E-state index contributed by atoms with van der Waals surface area (Å²) in [5, 5.41) is 11.2. The normalized spacial score (nSPS) is 11.2. The van der Waals surface area contributed by atoms with Crippen LogP contribution in [0.25, 0.3) is 0 Å². The van der Waals surface area contributed by atoms with E-state index in [-0.39, 0.29) is 12.1 Å². The van der Waals surface area contributed by atoms with E-state index in [2.05, 4.69) is 29.5 Å². The lowest BCUT2D eigenvalue weighted by atomic mass is 10.2. The van der Waals surface area contributed by atoms with Crippen molar-refractivity contribution in [2.75, 3.05) is 6.54 Å². The molecule has 1 heterocycles. The van der Waals surface area contributed by atoms with Crippen LogP contribution in [-0.2, 0) is 13.1 Å². The summed E-state index contributed by atoms with van der Waals surface area (Å²) in [5.74, 6) is -0.340. The molecule has 0 radical (unpaired) electrons. The minimum absolute atomic E-state index is 0.167. The van der Waals surface area contributed by atoms with E-state index in [1.165, 1.54) is 10.7 Å². The van der Waals surface area contributed by atoms with Gasteiger partial charge in [0.2, 0.25) is 0 Å². The molecule has 1 aromatic heterocycles. The van der Waals surface area contributed by atoms with Gasteiger partial charge >= 0.3 is 0 Å². The van der Waals surface area contributed by atoms with Crippen molar-refractivity contribution in [3.63, 3.8) is 0 Å².